The molecule has 6 heteroatoms. The van der Waals surface area contributed by atoms with E-state index >= 15 is 0 Å². The van der Waals surface area contributed by atoms with Crippen LogP contribution in [0.3, 0.4) is 0 Å². The Morgan fingerprint density at radius 3 is 2.65 bits per heavy atom. The molecule has 0 fully saturated rings. The molecule has 3 N–H and O–H groups in total. The molecular formula is C14H17N3O2S. The fourth-order valence-corrected chi connectivity index (χ4v) is 2.91. The molecule has 0 aliphatic heterocycles. The minimum absolute atomic E-state index is 0.182. The lowest BCUT2D eigenvalue weighted by Crippen LogP contribution is -2.23. The van der Waals surface area contributed by atoms with Crippen LogP contribution in [0.15, 0.2) is 41.6 Å². The summed E-state index contributed by atoms with van der Waals surface area (Å²) in [6, 6.07) is 6.67. The van der Waals surface area contributed by atoms with E-state index in [-0.39, 0.29) is 11.4 Å². The van der Waals surface area contributed by atoms with Crippen LogP contribution in [0.1, 0.15) is 16.7 Å². The molecule has 2 aromatic rings. The van der Waals surface area contributed by atoms with E-state index in [4.69, 9.17) is 5.73 Å². The van der Waals surface area contributed by atoms with Gasteiger partial charge in [0.15, 0.2) is 0 Å². The van der Waals surface area contributed by atoms with Crippen LogP contribution < -0.4 is 10.5 Å². The molecule has 106 valence electrons. The van der Waals surface area contributed by atoms with E-state index in [0.717, 1.165) is 16.7 Å². The summed E-state index contributed by atoms with van der Waals surface area (Å²) in [4.78, 5) is 4.13. The molecule has 0 amide bonds. The Kier molecular flexibility index (Phi) is 4.06. The summed E-state index contributed by atoms with van der Waals surface area (Å²) >= 11 is 0. The Morgan fingerprint density at radius 2 is 2.05 bits per heavy atom. The molecule has 0 unspecified atom stereocenters. The molecule has 0 saturated carbocycles. The van der Waals surface area contributed by atoms with E-state index in [9.17, 15) is 8.42 Å². The van der Waals surface area contributed by atoms with Crippen molar-refractivity contribution < 1.29 is 8.42 Å². The first kappa shape index (κ1) is 14.5. The van der Waals surface area contributed by atoms with Gasteiger partial charge in [-0.25, -0.2) is 13.1 Å². The lowest BCUT2D eigenvalue weighted by Gasteiger charge is -2.10. The highest BCUT2D eigenvalue weighted by Gasteiger charge is 2.16. The Bertz CT molecular complexity index is 689. The molecule has 0 atom stereocenters. The zero-order chi connectivity index (χ0) is 14.8. The van der Waals surface area contributed by atoms with Gasteiger partial charge in [-0.2, -0.15) is 0 Å². The normalized spacial score (nSPS) is 11.5. The second-order valence-electron chi connectivity index (χ2n) is 4.64. The fourth-order valence-electron chi connectivity index (χ4n) is 1.77. The third kappa shape index (κ3) is 3.15. The number of nitrogens with one attached hydrogen (secondary N) is 1. The Morgan fingerprint density at radius 1 is 1.30 bits per heavy atom. The average Bonchev–Trinajstić information content (AvgIpc) is 2.43. The highest BCUT2D eigenvalue weighted by molar-refractivity contribution is 7.89. The SMILES string of the molecule is Cc1cc(S(=O)(=O)NCc2cccnc2)cc(N)c1C. The maximum atomic E-state index is 12.2. The molecule has 0 saturated heterocycles. The van der Waals surface area contributed by atoms with Gasteiger partial charge in [-0.3, -0.25) is 4.98 Å². The standard InChI is InChI=1S/C14H17N3O2S/c1-10-6-13(7-14(15)11(10)2)20(18,19)17-9-12-4-3-5-16-8-12/h3-8,17H,9,15H2,1-2H3. The third-order valence-electron chi connectivity index (χ3n) is 3.18. The first-order valence-electron chi connectivity index (χ1n) is 6.15. The Hall–Kier alpha value is -1.92. The van der Waals surface area contributed by atoms with Crippen LogP contribution in [0.5, 0.6) is 0 Å². The van der Waals surface area contributed by atoms with E-state index in [2.05, 4.69) is 9.71 Å². The second kappa shape index (κ2) is 5.60. The lowest BCUT2D eigenvalue weighted by molar-refractivity contribution is 0.581. The van der Waals surface area contributed by atoms with Crippen molar-refractivity contribution in [2.75, 3.05) is 5.73 Å². The van der Waals surface area contributed by atoms with Gasteiger partial charge in [0, 0.05) is 24.6 Å². The predicted octanol–water partition coefficient (Wildman–Crippen LogP) is 1.76. The van der Waals surface area contributed by atoms with Crippen molar-refractivity contribution in [1.29, 1.82) is 0 Å². The number of nitrogen functional groups attached to an aromatic ring is 1. The molecule has 1 aromatic carbocycles. The quantitative estimate of drug-likeness (QED) is 0.841. The predicted molar refractivity (Wildman–Crippen MR) is 78.6 cm³/mol. The van der Waals surface area contributed by atoms with E-state index in [1.807, 2.05) is 19.9 Å². The molecule has 2 rings (SSSR count). The minimum Gasteiger partial charge on any atom is -0.398 e. The van der Waals surface area contributed by atoms with Gasteiger partial charge in [0.2, 0.25) is 10.0 Å². The molecule has 0 aliphatic rings. The number of anilines is 1. The van der Waals surface area contributed by atoms with Crippen molar-refractivity contribution in [1.82, 2.24) is 9.71 Å². The van der Waals surface area contributed by atoms with Gasteiger partial charge >= 0.3 is 0 Å². The summed E-state index contributed by atoms with van der Waals surface area (Å²) in [5.74, 6) is 0. The summed E-state index contributed by atoms with van der Waals surface area (Å²) in [6.07, 6.45) is 3.26. The Labute approximate surface area is 118 Å². The van der Waals surface area contributed by atoms with E-state index < -0.39 is 10.0 Å². The first-order valence-corrected chi connectivity index (χ1v) is 7.64. The monoisotopic (exact) mass is 291 g/mol. The molecule has 5 nitrogen and oxygen atoms in total. The maximum Gasteiger partial charge on any atom is 0.240 e. The van der Waals surface area contributed by atoms with Gasteiger partial charge in [0.25, 0.3) is 0 Å². The van der Waals surface area contributed by atoms with Crippen molar-refractivity contribution >= 4 is 15.7 Å². The summed E-state index contributed by atoms with van der Waals surface area (Å²) in [6.45, 7) is 3.90. The van der Waals surface area contributed by atoms with Gasteiger partial charge in [-0.05, 0) is 48.7 Å². The molecule has 1 heterocycles. The highest BCUT2D eigenvalue weighted by atomic mass is 32.2. The lowest BCUT2D eigenvalue weighted by atomic mass is 10.1. The van der Waals surface area contributed by atoms with Crippen LogP contribution in [-0.2, 0) is 16.6 Å². The molecule has 0 aliphatic carbocycles. The average molecular weight is 291 g/mol. The molecule has 0 bridgehead atoms. The number of rotatable bonds is 4. The third-order valence-corrected chi connectivity index (χ3v) is 4.56. The summed E-state index contributed by atoms with van der Waals surface area (Å²) < 4.78 is 27.0. The van der Waals surface area contributed by atoms with E-state index in [0.29, 0.717) is 5.69 Å². The second-order valence-corrected chi connectivity index (χ2v) is 6.41. The Balaban J connectivity index is 2.23. The highest BCUT2D eigenvalue weighted by Crippen LogP contribution is 2.21. The number of aromatic nitrogens is 1. The van der Waals surface area contributed by atoms with Crippen LogP contribution in [0.2, 0.25) is 0 Å². The topological polar surface area (TPSA) is 85.1 Å². The van der Waals surface area contributed by atoms with E-state index in [1.54, 1.807) is 24.5 Å². The zero-order valence-electron chi connectivity index (χ0n) is 11.4. The number of nitrogens with two attached hydrogens (primary N) is 1. The number of nitrogens with zero attached hydrogens (tertiary/aromatic N) is 1. The molecule has 20 heavy (non-hydrogen) atoms. The number of pyridine rings is 1. The van der Waals surface area contributed by atoms with Crippen molar-refractivity contribution in [3.63, 3.8) is 0 Å². The fraction of sp³-hybridized carbons (Fsp3) is 0.214. The van der Waals surface area contributed by atoms with Crippen LogP contribution in [-0.4, -0.2) is 13.4 Å². The van der Waals surface area contributed by atoms with Crippen LogP contribution >= 0.6 is 0 Å². The van der Waals surface area contributed by atoms with E-state index in [1.165, 1.54) is 6.07 Å². The smallest absolute Gasteiger partial charge is 0.240 e. The molecule has 0 spiro atoms. The van der Waals surface area contributed by atoms with Crippen molar-refractivity contribution in [3.05, 3.63) is 53.3 Å². The van der Waals surface area contributed by atoms with Crippen molar-refractivity contribution in [2.45, 2.75) is 25.3 Å². The van der Waals surface area contributed by atoms with Crippen LogP contribution in [0.25, 0.3) is 0 Å². The van der Waals surface area contributed by atoms with Gasteiger partial charge in [0.05, 0.1) is 4.90 Å². The molecular weight excluding hydrogens is 274 g/mol. The van der Waals surface area contributed by atoms with Gasteiger partial charge < -0.3 is 5.73 Å². The maximum absolute atomic E-state index is 12.2. The van der Waals surface area contributed by atoms with Gasteiger partial charge in [0.1, 0.15) is 0 Å². The number of benzene rings is 1. The van der Waals surface area contributed by atoms with Gasteiger partial charge in [-0.15, -0.1) is 0 Å². The summed E-state index contributed by atoms with van der Waals surface area (Å²) in [5.41, 5.74) is 8.85. The number of hydrogen-bond acceptors (Lipinski definition) is 4. The van der Waals surface area contributed by atoms with Crippen LogP contribution in [0.4, 0.5) is 5.69 Å². The number of hydrogen-bond donors (Lipinski definition) is 2. The number of sulfonamides is 1. The number of aryl methyl sites for hydroxylation is 1. The van der Waals surface area contributed by atoms with Crippen molar-refractivity contribution in [2.24, 2.45) is 0 Å². The van der Waals surface area contributed by atoms with Crippen LogP contribution in [0, 0.1) is 13.8 Å². The van der Waals surface area contributed by atoms with Gasteiger partial charge in [-0.1, -0.05) is 6.07 Å². The largest absolute Gasteiger partial charge is 0.398 e. The molecule has 1 aromatic heterocycles. The first-order chi connectivity index (χ1) is 9.40. The minimum atomic E-state index is -3.58. The molecule has 0 radical (unpaired) electrons. The van der Waals surface area contributed by atoms with Crippen molar-refractivity contribution in [3.8, 4) is 0 Å². The summed E-state index contributed by atoms with van der Waals surface area (Å²) in [5, 5.41) is 0. The summed E-state index contributed by atoms with van der Waals surface area (Å²) in [7, 11) is -3.58. The zero-order valence-corrected chi connectivity index (χ0v) is 12.2.